The van der Waals surface area contributed by atoms with E-state index >= 15 is 0 Å². The number of carbonyl (C=O) groups excluding carboxylic acids is 2. The van der Waals surface area contributed by atoms with Crippen LogP contribution in [0.4, 0.5) is 0 Å². The third kappa shape index (κ3) is 2.27. The first-order valence-electron chi connectivity index (χ1n) is 7.81. The van der Waals surface area contributed by atoms with Gasteiger partial charge in [0.05, 0.1) is 22.9 Å². The fraction of sp³-hybridized carbons (Fsp3) is 0.105. The standard InChI is InChI=1S/C19H14N2O4/c22-16-14(17(23)18(16)24)13-15(11-7-3-1-4-8-11)20-21(19(13)25)12-9-5-2-6-10-12/h1-10,14,16,20,22H. The molecular weight excluding hydrogens is 320 g/mol. The molecule has 2 aromatic carbocycles. The molecular formula is C19H14N2O4. The van der Waals surface area contributed by atoms with Crippen molar-refractivity contribution in [2.75, 3.05) is 0 Å². The van der Waals surface area contributed by atoms with Gasteiger partial charge in [0.15, 0.2) is 0 Å². The number of nitrogens with zero attached hydrogens (tertiary/aromatic N) is 1. The zero-order valence-corrected chi connectivity index (χ0v) is 13.0. The Balaban J connectivity index is 1.96. The van der Waals surface area contributed by atoms with E-state index in [1.807, 2.05) is 24.3 Å². The smallest absolute Gasteiger partial charge is 0.275 e. The van der Waals surface area contributed by atoms with Crippen molar-refractivity contribution in [1.29, 1.82) is 0 Å². The highest BCUT2D eigenvalue weighted by molar-refractivity contribution is 6.48. The Kier molecular flexibility index (Phi) is 3.47. The summed E-state index contributed by atoms with van der Waals surface area (Å²) >= 11 is 0. The lowest BCUT2D eigenvalue weighted by Crippen LogP contribution is -2.52. The van der Waals surface area contributed by atoms with Crippen LogP contribution in [-0.4, -0.2) is 32.6 Å². The van der Waals surface area contributed by atoms with E-state index in [1.165, 1.54) is 4.68 Å². The lowest BCUT2D eigenvalue weighted by atomic mass is 9.74. The van der Waals surface area contributed by atoms with Crippen molar-refractivity contribution in [2.24, 2.45) is 0 Å². The number of Topliss-reactive ketones (excluding diaryl/α,β-unsaturated/α-hetero) is 2. The molecule has 25 heavy (non-hydrogen) atoms. The monoisotopic (exact) mass is 334 g/mol. The Hall–Kier alpha value is -3.25. The van der Waals surface area contributed by atoms with Crippen LogP contribution in [0.5, 0.6) is 0 Å². The third-order valence-corrected chi connectivity index (χ3v) is 4.42. The van der Waals surface area contributed by atoms with Crippen molar-refractivity contribution >= 4 is 11.6 Å². The van der Waals surface area contributed by atoms with Gasteiger partial charge < -0.3 is 5.11 Å². The average molecular weight is 334 g/mol. The Morgan fingerprint density at radius 3 is 2.04 bits per heavy atom. The van der Waals surface area contributed by atoms with Crippen LogP contribution in [-0.2, 0) is 9.59 Å². The maximum Gasteiger partial charge on any atom is 0.275 e. The van der Waals surface area contributed by atoms with Gasteiger partial charge in [-0.25, -0.2) is 4.68 Å². The van der Waals surface area contributed by atoms with Crippen LogP contribution in [0.3, 0.4) is 0 Å². The summed E-state index contributed by atoms with van der Waals surface area (Å²) in [5.41, 5.74) is 1.40. The summed E-state index contributed by atoms with van der Waals surface area (Å²) in [6.07, 6.45) is -1.47. The Labute approximate surface area is 142 Å². The highest BCUT2D eigenvalue weighted by atomic mass is 16.3. The molecule has 0 radical (unpaired) electrons. The van der Waals surface area contributed by atoms with Gasteiger partial charge in [0.25, 0.3) is 5.56 Å². The van der Waals surface area contributed by atoms with Crippen LogP contribution < -0.4 is 5.56 Å². The van der Waals surface area contributed by atoms with E-state index in [2.05, 4.69) is 5.10 Å². The Morgan fingerprint density at radius 1 is 0.840 bits per heavy atom. The molecule has 2 unspecified atom stereocenters. The van der Waals surface area contributed by atoms with Crippen LogP contribution in [0.1, 0.15) is 11.5 Å². The van der Waals surface area contributed by atoms with E-state index in [1.54, 1.807) is 36.4 Å². The molecule has 3 aromatic rings. The maximum absolute atomic E-state index is 13.0. The van der Waals surface area contributed by atoms with Gasteiger partial charge in [-0.05, 0) is 17.7 Å². The molecule has 1 saturated carbocycles. The molecule has 0 saturated heterocycles. The number of aromatic nitrogens is 2. The molecule has 1 aliphatic carbocycles. The molecule has 1 aromatic heterocycles. The molecule has 6 heteroatoms. The van der Waals surface area contributed by atoms with E-state index in [0.717, 1.165) is 0 Å². The Morgan fingerprint density at radius 2 is 1.44 bits per heavy atom. The third-order valence-electron chi connectivity index (χ3n) is 4.42. The molecule has 2 atom stereocenters. The summed E-state index contributed by atoms with van der Waals surface area (Å²) in [5, 5.41) is 13.0. The predicted octanol–water partition coefficient (Wildman–Crippen LogP) is 1.43. The first kappa shape index (κ1) is 15.3. The molecule has 0 spiro atoms. The topological polar surface area (TPSA) is 92.2 Å². The first-order chi connectivity index (χ1) is 12.1. The number of aliphatic hydroxyl groups excluding tert-OH is 1. The Bertz CT molecular complexity index is 1020. The molecule has 124 valence electrons. The van der Waals surface area contributed by atoms with E-state index in [9.17, 15) is 19.5 Å². The summed E-state index contributed by atoms with van der Waals surface area (Å²) in [6.45, 7) is 0. The quantitative estimate of drug-likeness (QED) is 0.709. The molecule has 0 amide bonds. The average Bonchev–Trinajstić information content (AvgIpc) is 3.00. The van der Waals surface area contributed by atoms with Crippen molar-refractivity contribution in [2.45, 2.75) is 12.0 Å². The molecule has 1 heterocycles. The van der Waals surface area contributed by atoms with Crippen LogP contribution >= 0.6 is 0 Å². The number of ketones is 2. The molecule has 4 rings (SSSR count). The van der Waals surface area contributed by atoms with Gasteiger partial charge >= 0.3 is 0 Å². The van der Waals surface area contributed by atoms with Crippen molar-refractivity contribution in [3.8, 4) is 16.9 Å². The summed E-state index contributed by atoms with van der Waals surface area (Å²) in [5.74, 6) is -2.71. The van der Waals surface area contributed by atoms with Crippen LogP contribution in [0, 0.1) is 0 Å². The minimum atomic E-state index is -1.47. The molecule has 2 N–H and O–H groups in total. The second-order valence-electron chi connectivity index (χ2n) is 5.89. The predicted molar refractivity (Wildman–Crippen MR) is 90.6 cm³/mol. The van der Waals surface area contributed by atoms with Gasteiger partial charge in [-0.2, -0.15) is 0 Å². The van der Waals surface area contributed by atoms with E-state index in [-0.39, 0.29) is 5.56 Å². The number of para-hydroxylation sites is 1. The zero-order valence-electron chi connectivity index (χ0n) is 13.0. The van der Waals surface area contributed by atoms with Gasteiger partial charge in [0, 0.05) is 0 Å². The number of rotatable bonds is 3. The number of H-pyrrole nitrogens is 1. The normalized spacial score (nSPS) is 19.7. The van der Waals surface area contributed by atoms with E-state index < -0.39 is 29.1 Å². The minimum absolute atomic E-state index is 0.118. The first-order valence-corrected chi connectivity index (χ1v) is 7.81. The minimum Gasteiger partial charge on any atom is -0.384 e. The maximum atomic E-state index is 13.0. The summed E-state index contributed by atoms with van der Waals surface area (Å²) in [7, 11) is 0. The summed E-state index contributed by atoms with van der Waals surface area (Å²) in [4.78, 5) is 36.4. The number of aromatic amines is 1. The number of hydrogen-bond acceptors (Lipinski definition) is 4. The van der Waals surface area contributed by atoms with Crippen LogP contribution in [0.2, 0.25) is 0 Å². The lowest BCUT2D eigenvalue weighted by molar-refractivity contribution is -0.154. The molecule has 0 aliphatic heterocycles. The van der Waals surface area contributed by atoms with Crippen molar-refractivity contribution in [3.63, 3.8) is 0 Å². The molecule has 1 aliphatic rings. The highest BCUT2D eigenvalue weighted by Gasteiger charge is 2.51. The van der Waals surface area contributed by atoms with Gasteiger partial charge in [-0.3, -0.25) is 19.5 Å². The van der Waals surface area contributed by atoms with Gasteiger partial charge in [-0.1, -0.05) is 48.5 Å². The highest BCUT2D eigenvalue weighted by Crippen LogP contribution is 2.35. The van der Waals surface area contributed by atoms with Crippen molar-refractivity contribution in [3.05, 3.63) is 76.6 Å². The molecule has 0 bridgehead atoms. The van der Waals surface area contributed by atoms with E-state index in [0.29, 0.717) is 16.9 Å². The van der Waals surface area contributed by atoms with Crippen molar-refractivity contribution < 1.29 is 14.7 Å². The fourth-order valence-electron chi connectivity index (χ4n) is 3.11. The molecule has 6 nitrogen and oxygen atoms in total. The number of aliphatic hydroxyl groups is 1. The lowest BCUT2D eigenvalue weighted by Gasteiger charge is -2.28. The number of hydrogen-bond donors (Lipinski definition) is 2. The number of benzene rings is 2. The zero-order chi connectivity index (χ0) is 17.6. The number of carbonyl (C=O) groups is 2. The largest absolute Gasteiger partial charge is 0.384 e. The van der Waals surface area contributed by atoms with Crippen molar-refractivity contribution in [1.82, 2.24) is 9.78 Å². The second-order valence-corrected chi connectivity index (χ2v) is 5.89. The van der Waals surface area contributed by atoms with E-state index in [4.69, 9.17) is 0 Å². The second kappa shape index (κ2) is 5.68. The van der Waals surface area contributed by atoms with Gasteiger partial charge in [0.2, 0.25) is 11.6 Å². The summed E-state index contributed by atoms with van der Waals surface area (Å²) < 4.78 is 1.32. The fourth-order valence-corrected chi connectivity index (χ4v) is 3.11. The SMILES string of the molecule is O=C1C(=O)C(c2c(-c3ccccc3)[nH]n(-c3ccccc3)c2=O)C1O. The van der Waals surface area contributed by atoms with Crippen LogP contribution in [0.15, 0.2) is 65.5 Å². The van der Waals surface area contributed by atoms with Gasteiger partial charge in [-0.15, -0.1) is 0 Å². The van der Waals surface area contributed by atoms with Crippen LogP contribution in [0.25, 0.3) is 16.9 Å². The summed E-state index contributed by atoms with van der Waals surface area (Å²) in [6, 6.07) is 17.9. The number of nitrogens with one attached hydrogen (secondary N) is 1. The van der Waals surface area contributed by atoms with Gasteiger partial charge in [0.1, 0.15) is 6.10 Å². The molecule has 1 fully saturated rings.